The van der Waals surface area contributed by atoms with Crippen LogP contribution in [0.5, 0.6) is 5.75 Å². The molecular weight excluding hydrogens is 584 g/mol. The number of nitrogens with zero attached hydrogens (tertiary/aromatic N) is 2. The summed E-state index contributed by atoms with van der Waals surface area (Å²) in [5.41, 5.74) is 1.88. The highest BCUT2D eigenvalue weighted by Crippen LogP contribution is 2.38. The van der Waals surface area contributed by atoms with Gasteiger partial charge in [0.25, 0.3) is 0 Å². The van der Waals surface area contributed by atoms with E-state index < -0.39 is 8.38 Å². The number of hydrogen-bond acceptors (Lipinski definition) is 7. The first kappa shape index (κ1) is 33.6. The molecule has 0 radical (unpaired) electrons. The molecule has 1 amide bonds. The Morgan fingerprint density at radius 2 is 1.93 bits per heavy atom. The molecule has 4 rings (SSSR count). The van der Waals surface area contributed by atoms with E-state index in [4.69, 9.17) is 25.4 Å². The fraction of sp³-hybridized carbons (Fsp3) is 0.433. The number of aldehydes is 1. The van der Waals surface area contributed by atoms with Crippen molar-refractivity contribution in [3.05, 3.63) is 64.6 Å². The number of fused-ring (bicyclic) bond motifs is 1. The van der Waals surface area contributed by atoms with Crippen LogP contribution in [0.25, 0.3) is 10.9 Å². The Balaban J connectivity index is 0.000000369. The zero-order chi connectivity index (χ0) is 30.6. The fourth-order valence-corrected chi connectivity index (χ4v) is 5.90. The number of Topliss-reactive ketones (excluding diaryl/α,β-unsaturated/α-hetero) is 1. The number of aromatic nitrogens is 1. The predicted molar refractivity (Wildman–Crippen MR) is 163 cm³/mol. The van der Waals surface area contributed by atoms with E-state index in [2.05, 4.69) is 5.32 Å². The van der Waals surface area contributed by atoms with Crippen molar-refractivity contribution in [1.29, 1.82) is 0 Å². The first-order chi connectivity index (χ1) is 20.2. The third-order valence-corrected chi connectivity index (χ3v) is 8.32. The van der Waals surface area contributed by atoms with Gasteiger partial charge in [0.05, 0.1) is 29.8 Å². The highest BCUT2D eigenvalue weighted by Gasteiger charge is 2.28. The number of rotatable bonds is 13. The van der Waals surface area contributed by atoms with Gasteiger partial charge in [-0.05, 0) is 58.9 Å². The minimum Gasteiger partial charge on any atom is -0.484 e. The number of amides is 1. The maximum absolute atomic E-state index is 13.0. The first-order valence-corrected chi connectivity index (χ1v) is 15.6. The van der Waals surface area contributed by atoms with Crippen molar-refractivity contribution in [3.8, 4) is 5.75 Å². The van der Waals surface area contributed by atoms with Crippen LogP contribution in [-0.4, -0.2) is 66.6 Å². The predicted octanol–water partition coefficient (Wildman–Crippen LogP) is 5.95. The molecule has 0 saturated carbocycles. The topological polar surface area (TPSA) is 99.1 Å². The SMILES string of the molecule is CCOP(COc1ccc2c(C(C)=O)cn(CC(=O)N3CCCC3C=O)c2c1)OCC.CNCc1cccc(Cl)c1F. The molecule has 0 spiro atoms. The summed E-state index contributed by atoms with van der Waals surface area (Å²) in [4.78, 5) is 37.9. The van der Waals surface area contributed by atoms with Crippen LogP contribution in [0, 0.1) is 5.82 Å². The van der Waals surface area contributed by atoms with Crippen LogP contribution in [0.15, 0.2) is 42.6 Å². The Kier molecular flexibility index (Phi) is 13.4. The van der Waals surface area contributed by atoms with Crippen LogP contribution in [0.1, 0.15) is 49.5 Å². The summed E-state index contributed by atoms with van der Waals surface area (Å²) in [5.74, 6) is 0.0638. The quantitative estimate of drug-likeness (QED) is 0.143. The Morgan fingerprint density at radius 3 is 2.57 bits per heavy atom. The number of carbonyl (C=O) groups is 3. The van der Waals surface area contributed by atoms with Gasteiger partial charge in [0.15, 0.2) is 12.1 Å². The molecule has 1 unspecified atom stereocenters. The third-order valence-electron chi connectivity index (χ3n) is 6.60. The monoisotopic (exact) mass is 621 g/mol. The lowest BCUT2D eigenvalue weighted by Crippen LogP contribution is -2.38. The van der Waals surface area contributed by atoms with Crippen molar-refractivity contribution < 1.29 is 32.6 Å². The first-order valence-electron chi connectivity index (χ1n) is 13.9. The van der Waals surface area contributed by atoms with Gasteiger partial charge >= 0.3 is 0 Å². The number of hydrogen-bond donors (Lipinski definition) is 1. The Labute approximate surface area is 252 Å². The molecule has 9 nitrogen and oxygen atoms in total. The molecule has 1 N–H and O–H groups in total. The Bertz CT molecular complexity index is 1360. The van der Waals surface area contributed by atoms with Crippen LogP contribution >= 0.6 is 20.0 Å². The standard InChI is InChI=1S/C22H29N2O6P.C8H9ClFN/c1-4-29-31(30-5-2)15-28-18-8-9-19-20(16(3)26)12-23(21(19)11-18)13-22(27)24-10-6-7-17(24)14-25;1-11-5-6-3-2-4-7(9)8(6)10/h8-9,11-12,14,17H,4-7,10,13,15H2,1-3H3;2-4,11H,5H2,1H3. The molecule has 1 aliphatic rings. The van der Waals surface area contributed by atoms with E-state index in [1.54, 1.807) is 40.9 Å². The van der Waals surface area contributed by atoms with Gasteiger partial charge in [-0.3, -0.25) is 9.59 Å². The van der Waals surface area contributed by atoms with Gasteiger partial charge in [0.1, 0.15) is 24.4 Å². The lowest BCUT2D eigenvalue weighted by molar-refractivity contribution is -0.135. The zero-order valence-electron chi connectivity index (χ0n) is 24.4. The molecule has 3 aromatic rings. The molecule has 2 heterocycles. The highest BCUT2D eigenvalue weighted by molar-refractivity contribution is 7.47. The Hall–Kier alpha value is -2.88. The lowest BCUT2D eigenvalue weighted by Gasteiger charge is -2.21. The Morgan fingerprint density at radius 1 is 1.19 bits per heavy atom. The van der Waals surface area contributed by atoms with E-state index in [0.717, 1.165) is 23.6 Å². The van der Waals surface area contributed by atoms with E-state index in [9.17, 15) is 18.8 Å². The summed E-state index contributed by atoms with van der Waals surface area (Å²) >= 11 is 5.55. The smallest absolute Gasteiger partial charge is 0.243 e. The van der Waals surface area contributed by atoms with E-state index in [1.165, 1.54) is 13.0 Å². The van der Waals surface area contributed by atoms with Gasteiger partial charge < -0.3 is 33.4 Å². The summed E-state index contributed by atoms with van der Waals surface area (Å²) in [6.07, 6.45) is 4.34. The van der Waals surface area contributed by atoms with Crippen molar-refractivity contribution in [2.75, 3.05) is 33.2 Å². The molecule has 12 heteroatoms. The second-order valence-corrected chi connectivity index (χ2v) is 11.4. The van der Waals surface area contributed by atoms with E-state index >= 15 is 0 Å². The maximum Gasteiger partial charge on any atom is 0.243 e. The molecule has 2 aromatic carbocycles. The van der Waals surface area contributed by atoms with Crippen molar-refractivity contribution >= 4 is 48.9 Å². The minimum absolute atomic E-state index is 0.0577. The van der Waals surface area contributed by atoms with E-state index in [-0.39, 0.29) is 41.5 Å². The second-order valence-electron chi connectivity index (χ2n) is 9.52. The van der Waals surface area contributed by atoms with E-state index in [1.807, 2.05) is 26.0 Å². The average molecular weight is 622 g/mol. The second kappa shape index (κ2) is 16.7. The largest absolute Gasteiger partial charge is 0.484 e. The van der Waals surface area contributed by atoms with Crippen LogP contribution in [0.4, 0.5) is 4.39 Å². The normalized spacial score (nSPS) is 14.6. The zero-order valence-corrected chi connectivity index (χ0v) is 26.1. The van der Waals surface area contributed by atoms with Crippen LogP contribution in [-0.2, 0) is 31.7 Å². The fourth-order valence-electron chi connectivity index (χ4n) is 4.66. The number of carbonyl (C=O) groups excluding carboxylic acids is 3. The molecule has 42 heavy (non-hydrogen) atoms. The molecular formula is C30H38ClFN3O6P. The molecule has 1 fully saturated rings. The third kappa shape index (κ3) is 8.82. The van der Waals surface area contributed by atoms with Gasteiger partial charge in [-0.15, -0.1) is 0 Å². The van der Waals surface area contributed by atoms with Crippen LogP contribution in [0.3, 0.4) is 0 Å². The number of halogens is 2. The van der Waals surface area contributed by atoms with Crippen molar-refractivity contribution in [1.82, 2.24) is 14.8 Å². The molecule has 228 valence electrons. The van der Waals surface area contributed by atoms with Gasteiger partial charge in [-0.1, -0.05) is 23.7 Å². The van der Waals surface area contributed by atoms with Gasteiger partial charge in [-0.2, -0.15) is 0 Å². The summed E-state index contributed by atoms with van der Waals surface area (Å²) < 4.78 is 31.8. The minimum atomic E-state index is -1.14. The van der Waals surface area contributed by atoms with Crippen molar-refractivity contribution in [3.63, 3.8) is 0 Å². The van der Waals surface area contributed by atoms with Crippen molar-refractivity contribution in [2.24, 2.45) is 0 Å². The molecule has 1 aliphatic heterocycles. The summed E-state index contributed by atoms with van der Waals surface area (Å²) in [7, 11) is 0.620. The molecule has 1 aromatic heterocycles. The average Bonchev–Trinajstić information content (AvgIpc) is 3.60. The van der Waals surface area contributed by atoms with Gasteiger partial charge in [0.2, 0.25) is 14.3 Å². The van der Waals surface area contributed by atoms with Crippen LogP contribution in [0.2, 0.25) is 5.02 Å². The number of likely N-dealkylation sites (tertiary alicyclic amines) is 1. The number of nitrogens with one attached hydrogen (secondary N) is 1. The summed E-state index contributed by atoms with van der Waals surface area (Å²) in [6, 6.07) is 10.1. The number of benzene rings is 2. The van der Waals surface area contributed by atoms with Crippen molar-refractivity contribution in [2.45, 2.75) is 52.7 Å². The number of ether oxygens (including phenoxy) is 1. The summed E-state index contributed by atoms with van der Waals surface area (Å²) in [6.45, 7) is 7.54. The van der Waals surface area contributed by atoms with Gasteiger partial charge in [-0.25, -0.2) is 4.39 Å². The maximum atomic E-state index is 13.0. The highest BCUT2D eigenvalue weighted by atomic mass is 35.5. The summed E-state index contributed by atoms with van der Waals surface area (Å²) in [5, 5.41) is 3.79. The number of ketones is 1. The van der Waals surface area contributed by atoms with Crippen LogP contribution < -0.4 is 10.1 Å². The molecule has 1 atom stereocenters. The van der Waals surface area contributed by atoms with E-state index in [0.29, 0.717) is 49.6 Å². The molecule has 0 aliphatic carbocycles. The van der Waals surface area contributed by atoms with Gasteiger partial charge in [0, 0.05) is 41.9 Å². The molecule has 1 saturated heterocycles. The molecule has 0 bridgehead atoms. The lowest BCUT2D eigenvalue weighted by atomic mass is 10.1.